The number of anilines is 2. The van der Waals surface area contributed by atoms with Crippen molar-refractivity contribution in [1.29, 1.82) is 0 Å². The summed E-state index contributed by atoms with van der Waals surface area (Å²) in [4.78, 5) is 2.38. The lowest BCUT2D eigenvalue weighted by Gasteiger charge is -2.43. The van der Waals surface area contributed by atoms with Crippen LogP contribution in [0.3, 0.4) is 0 Å². The molecule has 3 rings (SSSR count). The summed E-state index contributed by atoms with van der Waals surface area (Å²) in [5.41, 5.74) is 9.28. The first-order valence-electron chi connectivity index (χ1n) is 9.22. The molecular formula is C19H32N4OSi. The highest BCUT2D eigenvalue weighted by Crippen LogP contribution is 2.39. The maximum absolute atomic E-state index is 6.66. The molecule has 5 nitrogen and oxygen atoms in total. The number of nitrogens with zero attached hydrogens (tertiary/aromatic N) is 3. The molecule has 138 valence electrons. The third-order valence-corrected chi connectivity index (χ3v) is 10.3. The number of aryl methyl sites for hydroxylation is 1. The lowest BCUT2D eigenvalue weighted by molar-refractivity contribution is 0.160. The smallest absolute Gasteiger partial charge is 0.192 e. The molecule has 0 bridgehead atoms. The second kappa shape index (κ2) is 6.32. The van der Waals surface area contributed by atoms with Crippen LogP contribution in [0.15, 0.2) is 18.3 Å². The molecule has 2 aromatic rings. The van der Waals surface area contributed by atoms with Crippen molar-refractivity contribution in [2.45, 2.75) is 57.8 Å². The number of benzene rings is 1. The van der Waals surface area contributed by atoms with Crippen LogP contribution in [0.25, 0.3) is 10.9 Å². The Balaban J connectivity index is 1.81. The summed E-state index contributed by atoms with van der Waals surface area (Å²) in [6.07, 6.45) is 4.57. The van der Waals surface area contributed by atoms with E-state index in [2.05, 4.69) is 49.9 Å². The maximum atomic E-state index is 6.66. The highest BCUT2D eigenvalue weighted by molar-refractivity contribution is 6.74. The topological polar surface area (TPSA) is 56.3 Å². The standard InChI is InChI=1S/C19H32N4OSi/c1-19(2,3)25(5,6)24-15-8-7-9-23(13-15)18-11-17-14(10-16(18)20)12-22(4)21-17/h10-12,15H,7-9,13,20H2,1-6H3/t15-/m1/s1. The first kappa shape index (κ1) is 18.3. The van der Waals surface area contributed by atoms with Gasteiger partial charge in [0.05, 0.1) is 23.0 Å². The number of fused-ring (bicyclic) bond motifs is 1. The average molecular weight is 361 g/mol. The van der Waals surface area contributed by atoms with E-state index in [1.54, 1.807) is 0 Å². The zero-order chi connectivity index (χ0) is 18.4. The highest BCUT2D eigenvalue weighted by atomic mass is 28.4. The quantitative estimate of drug-likeness (QED) is 0.660. The van der Waals surface area contributed by atoms with Gasteiger partial charge in [-0.15, -0.1) is 0 Å². The van der Waals surface area contributed by atoms with Gasteiger partial charge in [0.15, 0.2) is 8.32 Å². The second-order valence-electron chi connectivity index (χ2n) is 8.86. The lowest BCUT2D eigenvalue weighted by atomic mass is 10.1. The average Bonchev–Trinajstić information content (AvgIpc) is 2.84. The van der Waals surface area contributed by atoms with Crippen molar-refractivity contribution in [2.24, 2.45) is 7.05 Å². The number of rotatable bonds is 3. The Morgan fingerprint density at radius 2 is 2.00 bits per heavy atom. The summed E-state index contributed by atoms with van der Waals surface area (Å²) in [6.45, 7) is 13.5. The number of hydrogen-bond acceptors (Lipinski definition) is 4. The van der Waals surface area contributed by atoms with Gasteiger partial charge < -0.3 is 15.1 Å². The van der Waals surface area contributed by atoms with Crippen LogP contribution in [0, 0.1) is 0 Å². The Morgan fingerprint density at radius 1 is 1.28 bits per heavy atom. The van der Waals surface area contributed by atoms with Crippen molar-refractivity contribution in [3.63, 3.8) is 0 Å². The fraction of sp³-hybridized carbons (Fsp3) is 0.632. The van der Waals surface area contributed by atoms with Gasteiger partial charge in [0.2, 0.25) is 0 Å². The maximum Gasteiger partial charge on any atom is 0.192 e. The SMILES string of the molecule is Cn1cc2cc(N)c(N3CCC[C@@H](O[Si](C)(C)C(C)(C)C)C3)cc2n1. The van der Waals surface area contributed by atoms with Gasteiger partial charge in [-0.3, -0.25) is 4.68 Å². The number of nitrogen functional groups attached to an aromatic ring is 1. The Morgan fingerprint density at radius 3 is 2.68 bits per heavy atom. The summed E-state index contributed by atoms with van der Waals surface area (Å²) in [7, 11) is 0.194. The third kappa shape index (κ3) is 3.70. The van der Waals surface area contributed by atoms with E-state index >= 15 is 0 Å². The molecule has 25 heavy (non-hydrogen) atoms. The van der Waals surface area contributed by atoms with Crippen LogP contribution in [0.2, 0.25) is 18.1 Å². The predicted molar refractivity (Wildman–Crippen MR) is 109 cm³/mol. The molecule has 0 aliphatic carbocycles. The Bertz CT molecular complexity index is 763. The van der Waals surface area contributed by atoms with Crippen LogP contribution in [0.4, 0.5) is 11.4 Å². The van der Waals surface area contributed by atoms with Gasteiger partial charge >= 0.3 is 0 Å². The first-order chi connectivity index (χ1) is 11.6. The van der Waals surface area contributed by atoms with Gasteiger partial charge in [-0.05, 0) is 43.1 Å². The molecule has 0 amide bonds. The third-order valence-electron chi connectivity index (χ3n) is 5.75. The Labute approximate surface area is 152 Å². The number of aromatic nitrogens is 2. The summed E-state index contributed by atoms with van der Waals surface area (Å²) in [5, 5.41) is 5.86. The van der Waals surface area contributed by atoms with Crippen molar-refractivity contribution >= 4 is 30.6 Å². The molecule has 0 saturated carbocycles. The molecule has 1 fully saturated rings. The summed E-state index contributed by atoms with van der Waals surface area (Å²) < 4.78 is 8.50. The van der Waals surface area contributed by atoms with Gasteiger partial charge in [-0.2, -0.15) is 5.10 Å². The van der Waals surface area contributed by atoms with E-state index in [1.807, 2.05) is 24.0 Å². The van der Waals surface area contributed by atoms with E-state index in [1.165, 1.54) is 0 Å². The zero-order valence-corrected chi connectivity index (χ0v) is 17.5. The van der Waals surface area contributed by atoms with E-state index in [0.717, 1.165) is 48.2 Å². The van der Waals surface area contributed by atoms with Crippen molar-refractivity contribution < 1.29 is 4.43 Å². The normalized spacial score (nSPS) is 19.6. The van der Waals surface area contributed by atoms with Crippen LogP contribution in [-0.4, -0.2) is 37.3 Å². The van der Waals surface area contributed by atoms with Gasteiger partial charge in [0.1, 0.15) is 0 Å². The summed E-state index contributed by atoms with van der Waals surface area (Å²) >= 11 is 0. The van der Waals surface area contributed by atoms with Crippen LogP contribution in [0.1, 0.15) is 33.6 Å². The summed E-state index contributed by atoms with van der Waals surface area (Å²) in [6, 6.07) is 4.16. The monoisotopic (exact) mass is 360 g/mol. The zero-order valence-electron chi connectivity index (χ0n) is 16.5. The van der Waals surface area contributed by atoms with E-state index in [4.69, 9.17) is 10.2 Å². The molecule has 0 spiro atoms. The van der Waals surface area contributed by atoms with Crippen molar-refractivity contribution in [3.05, 3.63) is 18.3 Å². The van der Waals surface area contributed by atoms with Gasteiger partial charge in [-0.1, -0.05) is 20.8 Å². The second-order valence-corrected chi connectivity index (χ2v) is 13.6. The van der Waals surface area contributed by atoms with Crippen molar-refractivity contribution in [2.75, 3.05) is 23.7 Å². The van der Waals surface area contributed by atoms with Crippen LogP contribution in [-0.2, 0) is 11.5 Å². The number of piperidine rings is 1. The molecule has 1 aliphatic rings. The molecule has 0 unspecified atom stereocenters. The summed E-state index contributed by atoms with van der Waals surface area (Å²) in [5.74, 6) is 0. The lowest BCUT2D eigenvalue weighted by Crippen LogP contribution is -2.49. The first-order valence-corrected chi connectivity index (χ1v) is 12.1. The Kier molecular flexibility index (Phi) is 4.62. The van der Waals surface area contributed by atoms with E-state index in [0.29, 0.717) is 0 Å². The fourth-order valence-electron chi connectivity index (χ4n) is 3.32. The molecule has 1 aliphatic heterocycles. The van der Waals surface area contributed by atoms with Crippen molar-refractivity contribution in [1.82, 2.24) is 9.78 Å². The van der Waals surface area contributed by atoms with E-state index in [9.17, 15) is 0 Å². The minimum Gasteiger partial charge on any atom is -0.412 e. The largest absolute Gasteiger partial charge is 0.412 e. The van der Waals surface area contributed by atoms with Gasteiger partial charge in [0.25, 0.3) is 0 Å². The molecule has 2 N–H and O–H groups in total. The predicted octanol–water partition coefficient (Wildman–Crippen LogP) is 4.15. The molecule has 1 atom stereocenters. The molecule has 2 heterocycles. The van der Waals surface area contributed by atoms with E-state index < -0.39 is 8.32 Å². The molecular weight excluding hydrogens is 328 g/mol. The molecule has 1 aromatic carbocycles. The van der Waals surface area contributed by atoms with Crippen LogP contribution >= 0.6 is 0 Å². The number of nitrogens with two attached hydrogens (primary N) is 1. The minimum atomic E-state index is -1.75. The molecule has 1 saturated heterocycles. The Hall–Kier alpha value is -1.53. The van der Waals surface area contributed by atoms with Crippen LogP contribution < -0.4 is 10.6 Å². The minimum absolute atomic E-state index is 0.237. The van der Waals surface area contributed by atoms with Gasteiger partial charge in [0, 0.05) is 31.7 Å². The van der Waals surface area contributed by atoms with Crippen molar-refractivity contribution in [3.8, 4) is 0 Å². The highest BCUT2D eigenvalue weighted by Gasteiger charge is 2.40. The van der Waals surface area contributed by atoms with Crippen LogP contribution in [0.5, 0.6) is 0 Å². The molecule has 1 aromatic heterocycles. The van der Waals surface area contributed by atoms with E-state index in [-0.39, 0.29) is 11.1 Å². The fourth-order valence-corrected chi connectivity index (χ4v) is 4.70. The molecule has 6 heteroatoms. The number of hydrogen-bond donors (Lipinski definition) is 1. The molecule has 0 radical (unpaired) electrons. The van der Waals surface area contributed by atoms with Gasteiger partial charge in [-0.25, -0.2) is 0 Å².